The molecule has 1 rings (SSSR count). The lowest BCUT2D eigenvalue weighted by Crippen LogP contribution is -2.16. The van der Waals surface area contributed by atoms with E-state index in [1.165, 1.54) is 0 Å². The Kier molecular flexibility index (Phi) is 3.86. The van der Waals surface area contributed by atoms with Gasteiger partial charge >= 0.3 is 0 Å². The van der Waals surface area contributed by atoms with Gasteiger partial charge in [-0.05, 0) is 28.8 Å². The summed E-state index contributed by atoms with van der Waals surface area (Å²) in [5, 5.41) is 0. The fourth-order valence-electron chi connectivity index (χ4n) is 1.19. The molecule has 0 radical (unpaired) electrons. The number of hydrogen-bond acceptors (Lipinski definition) is 2. The molecule has 1 aromatic heterocycles. The van der Waals surface area contributed by atoms with Crippen molar-refractivity contribution in [1.29, 1.82) is 0 Å². The standard InChI is InChI=1S/C10H15BrN2O/c1-4-6(3)9-12-7(5-2)8(11)10(14)13-9/h6H,4-5H2,1-3H3,(H,12,13,14). The third-order valence-electron chi connectivity index (χ3n) is 2.36. The molecule has 0 aromatic carbocycles. The van der Waals surface area contributed by atoms with Crippen LogP contribution in [0.25, 0.3) is 0 Å². The highest BCUT2D eigenvalue weighted by atomic mass is 79.9. The Balaban J connectivity index is 3.23. The number of aromatic amines is 1. The number of nitrogens with zero attached hydrogens (tertiary/aromatic N) is 1. The van der Waals surface area contributed by atoms with Crippen LogP contribution in [0.4, 0.5) is 0 Å². The molecule has 1 atom stereocenters. The maximum Gasteiger partial charge on any atom is 0.265 e. The summed E-state index contributed by atoms with van der Waals surface area (Å²) in [6.07, 6.45) is 1.75. The lowest BCUT2D eigenvalue weighted by atomic mass is 10.1. The van der Waals surface area contributed by atoms with Gasteiger partial charge in [0.1, 0.15) is 10.3 Å². The van der Waals surface area contributed by atoms with E-state index in [2.05, 4.69) is 39.7 Å². The maximum atomic E-state index is 11.5. The molecule has 0 aliphatic rings. The second-order valence-electron chi connectivity index (χ2n) is 3.37. The van der Waals surface area contributed by atoms with Crippen molar-refractivity contribution in [3.63, 3.8) is 0 Å². The monoisotopic (exact) mass is 258 g/mol. The molecule has 78 valence electrons. The zero-order chi connectivity index (χ0) is 10.7. The minimum Gasteiger partial charge on any atom is -0.309 e. The van der Waals surface area contributed by atoms with E-state index >= 15 is 0 Å². The summed E-state index contributed by atoms with van der Waals surface area (Å²) < 4.78 is 0.562. The first-order chi connectivity index (χ1) is 6.60. The van der Waals surface area contributed by atoms with Crippen molar-refractivity contribution in [3.05, 3.63) is 26.3 Å². The van der Waals surface area contributed by atoms with Crippen LogP contribution in [0.2, 0.25) is 0 Å². The van der Waals surface area contributed by atoms with E-state index in [1.54, 1.807) is 0 Å². The molecule has 0 aliphatic heterocycles. The SMILES string of the molecule is CCc1nc(C(C)CC)[nH]c(=O)c1Br. The molecular weight excluding hydrogens is 244 g/mol. The van der Waals surface area contributed by atoms with Gasteiger partial charge in [-0.2, -0.15) is 0 Å². The first kappa shape index (κ1) is 11.4. The lowest BCUT2D eigenvalue weighted by molar-refractivity contribution is 0.665. The van der Waals surface area contributed by atoms with Gasteiger partial charge < -0.3 is 4.98 Å². The third kappa shape index (κ3) is 2.23. The third-order valence-corrected chi connectivity index (χ3v) is 3.18. The number of nitrogens with one attached hydrogen (secondary N) is 1. The van der Waals surface area contributed by atoms with Crippen molar-refractivity contribution < 1.29 is 0 Å². The van der Waals surface area contributed by atoms with Gasteiger partial charge in [0.2, 0.25) is 0 Å². The fraction of sp³-hybridized carbons (Fsp3) is 0.600. The first-order valence-electron chi connectivity index (χ1n) is 4.88. The van der Waals surface area contributed by atoms with Crippen LogP contribution in [0.15, 0.2) is 9.27 Å². The number of hydrogen-bond donors (Lipinski definition) is 1. The first-order valence-corrected chi connectivity index (χ1v) is 5.68. The van der Waals surface area contributed by atoms with E-state index in [9.17, 15) is 4.79 Å². The van der Waals surface area contributed by atoms with Crippen LogP contribution < -0.4 is 5.56 Å². The Morgan fingerprint density at radius 2 is 2.14 bits per heavy atom. The highest BCUT2D eigenvalue weighted by molar-refractivity contribution is 9.10. The van der Waals surface area contributed by atoms with Crippen LogP contribution in [0.3, 0.4) is 0 Å². The van der Waals surface area contributed by atoms with Crippen LogP contribution in [0, 0.1) is 0 Å². The van der Waals surface area contributed by atoms with Crippen LogP contribution in [0.5, 0.6) is 0 Å². The molecule has 0 amide bonds. The van der Waals surface area contributed by atoms with Crippen molar-refractivity contribution in [2.24, 2.45) is 0 Å². The summed E-state index contributed by atoms with van der Waals surface area (Å²) in [5.74, 6) is 1.10. The Morgan fingerprint density at radius 1 is 1.50 bits per heavy atom. The summed E-state index contributed by atoms with van der Waals surface area (Å²) >= 11 is 3.24. The van der Waals surface area contributed by atoms with Gasteiger partial charge in [0.05, 0.1) is 5.69 Å². The summed E-state index contributed by atoms with van der Waals surface area (Å²) in [4.78, 5) is 18.7. The predicted molar refractivity (Wildman–Crippen MR) is 60.6 cm³/mol. The number of aromatic nitrogens is 2. The van der Waals surface area contributed by atoms with Gasteiger partial charge in [0, 0.05) is 5.92 Å². The molecule has 0 saturated heterocycles. The summed E-state index contributed by atoms with van der Waals surface area (Å²) in [6.45, 7) is 6.14. The Labute approximate surface area is 92.1 Å². The van der Waals surface area contributed by atoms with Gasteiger partial charge in [-0.3, -0.25) is 4.79 Å². The molecule has 0 aliphatic carbocycles. The topological polar surface area (TPSA) is 45.8 Å². The van der Waals surface area contributed by atoms with Crippen LogP contribution >= 0.6 is 15.9 Å². The van der Waals surface area contributed by atoms with Gasteiger partial charge in [0.15, 0.2) is 0 Å². The highest BCUT2D eigenvalue weighted by Gasteiger charge is 2.10. The smallest absolute Gasteiger partial charge is 0.265 e. The zero-order valence-electron chi connectivity index (χ0n) is 8.72. The van der Waals surface area contributed by atoms with Crippen molar-refractivity contribution in [1.82, 2.24) is 9.97 Å². The molecule has 14 heavy (non-hydrogen) atoms. The summed E-state index contributed by atoms with van der Waals surface area (Å²) in [5.41, 5.74) is 0.760. The molecular formula is C10H15BrN2O. The normalized spacial score (nSPS) is 12.9. The van der Waals surface area contributed by atoms with E-state index in [4.69, 9.17) is 0 Å². The van der Waals surface area contributed by atoms with E-state index in [0.717, 1.165) is 24.4 Å². The lowest BCUT2D eigenvalue weighted by Gasteiger charge is -2.09. The van der Waals surface area contributed by atoms with Crippen molar-refractivity contribution in [2.75, 3.05) is 0 Å². The van der Waals surface area contributed by atoms with Gasteiger partial charge in [-0.1, -0.05) is 20.8 Å². The number of H-pyrrole nitrogens is 1. The highest BCUT2D eigenvalue weighted by Crippen LogP contribution is 2.16. The zero-order valence-corrected chi connectivity index (χ0v) is 10.3. The largest absolute Gasteiger partial charge is 0.309 e. The molecule has 1 N–H and O–H groups in total. The fourth-order valence-corrected chi connectivity index (χ4v) is 1.65. The van der Waals surface area contributed by atoms with Gasteiger partial charge in [-0.15, -0.1) is 0 Å². The molecule has 1 unspecified atom stereocenters. The average Bonchev–Trinajstić information content (AvgIpc) is 2.20. The number of halogens is 1. The molecule has 1 aromatic rings. The summed E-state index contributed by atoms with van der Waals surface area (Å²) in [7, 11) is 0. The molecule has 0 spiro atoms. The van der Waals surface area contributed by atoms with E-state index < -0.39 is 0 Å². The molecule has 0 fully saturated rings. The number of aryl methyl sites for hydroxylation is 1. The van der Waals surface area contributed by atoms with Crippen molar-refractivity contribution in [3.8, 4) is 0 Å². The van der Waals surface area contributed by atoms with E-state index in [-0.39, 0.29) is 5.56 Å². The molecule has 0 bridgehead atoms. The molecule has 0 saturated carbocycles. The predicted octanol–water partition coefficient (Wildman–Crippen LogP) is 2.61. The molecule has 3 nitrogen and oxygen atoms in total. The van der Waals surface area contributed by atoms with E-state index in [1.807, 2.05) is 6.92 Å². The van der Waals surface area contributed by atoms with Crippen LogP contribution in [-0.4, -0.2) is 9.97 Å². The quantitative estimate of drug-likeness (QED) is 0.906. The van der Waals surface area contributed by atoms with Gasteiger partial charge in [0.25, 0.3) is 5.56 Å². The molecule has 1 heterocycles. The Hall–Kier alpha value is -0.640. The van der Waals surface area contributed by atoms with Crippen LogP contribution in [0.1, 0.15) is 44.6 Å². The summed E-state index contributed by atoms with van der Waals surface area (Å²) in [6, 6.07) is 0. The molecule has 4 heteroatoms. The minimum atomic E-state index is -0.0767. The second-order valence-corrected chi connectivity index (χ2v) is 4.17. The van der Waals surface area contributed by atoms with Crippen molar-refractivity contribution in [2.45, 2.75) is 39.5 Å². The van der Waals surface area contributed by atoms with Crippen LogP contribution in [-0.2, 0) is 6.42 Å². The second kappa shape index (κ2) is 4.73. The average molecular weight is 259 g/mol. The maximum absolute atomic E-state index is 11.5. The van der Waals surface area contributed by atoms with Gasteiger partial charge in [-0.25, -0.2) is 4.98 Å². The van der Waals surface area contributed by atoms with E-state index in [0.29, 0.717) is 10.4 Å². The Morgan fingerprint density at radius 3 is 2.64 bits per heavy atom. The van der Waals surface area contributed by atoms with Crippen molar-refractivity contribution >= 4 is 15.9 Å². The Bertz CT molecular complexity index is 373. The minimum absolute atomic E-state index is 0.0767. The number of rotatable bonds is 3.